The number of ether oxygens (including phenoxy) is 1. The Morgan fingerprint density at radius 3 is 1.92 bits per heavy atom. The second-order valence-electron chi connectivity index (χ2n) is 7.79. The highest BCUT2D eigenvalue weighted by Gasteiger charge is 2.37. The Morgan fingerprint density at radius 1 is 0.917 bits per heavy atom. The van der Waals surface area contributed by atoms with Gasteiger partial charge in [-0.2, -0.15) is 0 Å². The molecule has 3 aromatic carbocycles. The van der Waals surface area contributed by atoms with Gasteiger partial charge in [-0.05, 0) is 23.6 Å². The molecule has 0 fully saturated rings. The van der Waals surface area contributed by atoms with Crippen LogP contribution in [0.15, 0.2) is 102 Å². The first-order chi connectivity index (χ1) is 17.6. The highest BCUT2D eigenvalue weighted by atomic mass is 32.1. The van der Waals surface area contributed by atoms with Gasteiger partial charge in [0, 0.05) is 12.0 Å². The monoisotopic (exact) mass is 501 g/mol. The van der Waals surface area contributed by atoms with E-state index in [1.54, 1.807) is 5.38 Å². The van der Waals surface area contributed by atoms with Crippen molar-refractivity contribution in [2.75, 3.05) is 25.1 Å². The molecule has 8 heteroatoms. The summed E-state index contributed by atoms with van der Waals surface area (Å²) in [5, 5.41) is 19.4. The third-order valence-electron chi connectivity index (χ3n) is 5.54. The standard InChI is InChI=1S/C28H27N3O4S/c1-2-34-18-19-35-31-25(26(32)33)24-20-36-27(29-24)30-28(21-12-6-3-7-13-21,22-14-8-4-9-15-22)23-16-10-5-11-17-23/h3-17,20H,2,18-19H2,1H3,(H,29,30)(H,32,33)/b31-25-. The minimum atomic E-state index is -1.22. The number of nitrogens with one attached hydrogen (secondary N) is 1. The summed E-state index contributed by atoms with van der Waals surface area (Å²) in [6.07, 6.45) is 0. The summed E-state index contributed by atoms with van der Waals surface area (Å²) in [7, 11) is 0. The van der Waals surface area contributed by atoms with Gasteiger partial charge in [-0.15, -0.1) is 11.3 Å². The molecule has 184 valence electrons. The summed E-state index contributed by atoms with van der Waals surface area (Å²) in [6.45, 7) is 2.89. The maximum absolute atomic E-state index is 11.9. The molecule has 0 aliphatic rings. The number of aliphatic carboxylic acids is 1. The van der Waals surface area contributed by atoms with Crippen molar-refractivity contribution in [2.24, 2.45) is 5.16 Å². The average Bonchev–Trinajstić information content (AvgIpc) is 3.38. The molecule has 0 radical (unpaired) electrons. The molecule has 1 heterocycles. The number of nitrogens with zero attached hydrogens (tertiary/aromatic N) is 2. The van der Waals surface area contributed by atoms with Crippen LogP contribution in [0.25, 0.3) is 0 Å². The molecule has 0 atom stereocenters. The molecule has 36 heavy (non-hydrogen) atoms. The van der Waals surface area contributed by atoms with Crippen molar-refractivity contribution >= 4 is 28.1 Å². The minimum absolute atomic E-state index is 0.152. The van der Waals surface area contributed by atoms with Crippen molar-refractivity contribution in [3.8, 4) is 0 Å². The number of carboxylic acid groups (broad SMARTS) is 1. The Kier molecular flexibility index (Phi) is 8.44. The third-order valence-corrected chi connectivity index (χ3v) is 6.30. The van der Waals surface area contributed by atoms with E-state index in [0.717, 1.165) is 16.7 Å². The van der Waals surface area contributed by atoms with Crippen LogP contribution in [0.2, 0.25) is 0 Å². The van der Waals surface area contributed by atoms with E-state index in [2.05, 4.69) is 51.9 Å². The second kappa shape index (κ2) is 12.1. The number of carboxylic acids is 1. The highest BCUT2D eigenvalue weighted by Crippen LogP contribution is 2.40. The van der Waals surface area contributed by atoms with Gasteiger partial charge in [0.05, 0.1) is 6.61 Å². The van der Waals surface area contributed by atoms with Crippen molar-refractivity contribution in [2.45, 2.75) is 12.5 Å². The van der Waals surface area contributed by atoms with Crippen LogP contribution in [0, 0.1) is 0 Å². The molecule has 0 amide bonds. The van der Waals surface area contributed by atoms with Crippen molar-refractivity contribution in [3.63, 3.8) is 0 Å². The number of benzene rings is 3. The number of carbonyl (C=O) groups is 1. The van der Waals surface area contributed by atoms with Crippen LogP contribution in [0.3, 0.4) is 0 Å². The lowest BCUT2D eigenvalue weighted by Gasteiger charge is -2.36. The molecule has 4 aromatic rings. The van der Waals surface area contributed by atoms with Crippen LogP contribution in [0.4, 0.5) is 5.13 Å². The Balaban J connectivity index is 1.75. The van der Waals surface area contributed by atoms with Crippen molar-refractivity contribution in [1.82, 2.24) is 4.98 Å². The van der Waals surface area contributed by atoms with E-state index in [9.17, 15) is 9.90 Å². The topological polar surface area (TPSA) is 93.0 Å². The maximum atomic E-state index is 11.9. The zero-order valence-corrected chi connectivity index (χ0v) is 20.7. The first-order valence-corrected chi connectivity index (χ1v) is 12.4. The van der Waals surface area contributed by atoms with Gasteiger partial charge in [-0.1, -0.05) is 96.2 Å². The average molecular weight is 502 g/mol. The fourth-order valence-electron chi connectivity index (χ4n) is 3.93. The van der Waals surface area contributed by atoms with E-state index in [4.69, 9.17) is 9.57 Å². The second-order valence-corrected chi connectivity index (χ2v) is 8.64. The Bertz CT molecular complexity index is 1180. The molecule has 0 aliphatic carbocycles. The molecule has 7 nitrogen and oxygen atoms in total. The van der Waals surface area contributed by atoms with Crippen LogP contribution in [-0.4, -0.2) is 41.6 Å². The lowest BCUT2D eigenvalue weighted by molar-refractivity contribution is -0.129. The number of rotatable bonds is 12. The summed E-state index contributed by atoms with van der Waals surface area (Å²) in [5.41, 5.74) is 2.24. The van der Waals surface area contributed by atoms with Gasteiger partial charge >= 0.3 is 5.97 Å². The maximum Gasteiger partial charge on any atom is 0.360 e. The predicted molar refractivity (Wildman–Crippen MR) is 142 cm³/mol. The fraction of sp³-hybridized carbons (Fsp3) is 0.179. The molecule has 0 saturated heterocycles. The normalized spacial score (nSPS) is 11.8. The van der Waals surface area contributed by atoms with Gasteiger partial charge in [0.25, 0.3) is 0 Å². The van der Waals surface area contributed by atoms with Gasteiger partial charge in [0.2, 0.25) is 5.71 Å². The van der Waals surface area contributed by atoms with Gasteiger partial charge in [-0.25, -0.2) is 9.78 Å². The van der Waals surface area contributed by atoms with E-state index in [1.807, 2.05) is 61.5 Å². The molecule has 2 N–H and O–H groups in total. The summed E-state index contributed by atoms with van der Waals surface area (Å²) in [5.74, 6) is -1.22. The molecule has 0 spiro atoms. The third kappa shape index (κ3) is 5.62. The van der Waals surface area contributed by atoms with Gasteiger partial charge < -0.3 is 20.0 Å². The quantitative estimate of drug-likeness (QED) is 0.117. The fourth-order valence-corrected chi connectivity index (χ4v) is 4.68. The van der Waals surface area contributed by atoms with E-state index < -0.39 is 11.5 Å². The summed E-state index contributed by atoms with van der Waals surface area (Å²) in [4.78, 5) is 21.6. The minimum Gasteiger partial charge on any atom is -0.476 e. The first-order valence-electron chi connectivity index (χ1n) is 11.6. The van der Waals surface area contributed by atoms with E-state index >= 15 is 0 Å². The van der Waals surface area contributed by atoms with E-state index in [0.29, 0.717) is 18.3 Å². The van der Waals surface area contributed by atoms with Crippen LogP contribution in [0.5, 0.6) is 0 Å². The van der Waals surface area contributed by atoms with E-state index in [1.165, 1.54) is 11.3 Å². The van der Waals surface area contributed by atoms with Gasteiger partial charge in [0.1, 0.15) is 17.8 Å². The molecule has 0 saturated carbocycles. The molecule has 1 aromatic heterocycles. The Labute approximate surface area is 214 Å². The molecule has 0 unspecified atom stereocenters. The largest absolute Gasteiger partial charge is 0.476 e. The molecular formula is C28H27N3O4S. The summed E-state index contributed by atoms with van der Waals surface area (Å²) < 4.78 is 5.20. The predicted octanol–water partition coefficient (Wildman–Crippen LogP) is 5.39. The van der Waals surface area contributed by atoms with Crippen LogP contribution < -0.4 is 5.32 Å². The van der Waals surface area contributed by atoms with Crippen molar-refractivity contribution < 1.29 is 19.5 Å². The highest BCUT2D eigenvalue weighted by molar-refractivity contribution is 7.14. The number of oxime groups is 1. The Hall–Kier alpha value is -4.01. The number of aromatic nitrogens is 1. The lowest BCUT2D eigenvalue weighted by Crippen LogP contribution is -2.38. The molecule has 0 aliphatic heterocycles. The molecule has 0 bridgehead atoms. The summed E-state index contributed by atoms with van der Waals surface area (Å²) in [6, 6.07) is 30.3. The van der Waals surface area contributed by atoms with Gasteiger partial charge in [0.15, 0.2) is 5.13 Å². The number of hydrogen-bond donors (Lipinski definition) is 2. The SMILES string of the molecule is CCOCCO/N=C(\C(=O)O)c1csc(NC(c2ccccc2)(c2ccccc2)c2ccccc2)n1. The number of hydrogen-bond acceptors (Lipinski definition) is 7. The first kappa shape index (κ1) is 25.1. The van der Waals surface area contributed by atoms with Crippen molar-refractivity contribution in [3.05, 3.63) is 119 Å². The van der Waals surface area contributed by atoms with Crippen LogP contribution >= 0.6 is 11.3 Å². The molecular weight excluding hydrogens is 474 g/mol. The smallest absolute Gasteiger partial charge is 0.360 e. The zero-order chi connectivity index (χ0) is 25.2. The Morgan fingerprint density at radius 2 is 1.44 bits per heavy atom. The zero-order valence-electron chi connectivity index (χ0n) is 19.8. The van der Waals surface area contributed by atoms with Gasteiger partial charge in [-0.3, -0.25) is 0 Å². The number of thiazole rings is 1. The summed E-state index contributed by atoms with van der Waals surface area (Å²) >= 11 is 1.31. The van der Waals surface area contributed by atoms with Crippen molar-refractivity contribution in [1.29, 1.82) is 0 Å². The molecule has 4 rings (SSSR count). The number of anilines is 1. The lowest BCUT2D eigenvalue weighted by atomic mass is 9.77. The van der Waals surface area contributed by atoms with Crippen LogP contribution in [0.1, 0.15) is 29.3 Å². The van der Waals surface area contributed by atoms with Crippen LogP contribution in [-0.2, 0) is 19.9 Å². The van der Waals surface area contributed by atoms with E-state index in [-0.39, 0.29) is 18.0 Å².